The first-order valence-corrected chi connectivity index (χ1v) is 6.22. The summed E-state index contributed by atoms with van der Waals surface area (Å²) in [6.07, 6.45) is 0. The predicted molar refractivity (Wildman–Crippen MR) is 69.4 cm³/mol. The fourth-order valence-electron chi connectivity index (χ4n) is 2.62. The largest absolute Gasteiger partial charge is 0.441 e. The van der Waals surface area contributed by atoms with Crippen LogP contribution in [0.2, 0.25) is 0 Å². The molecule has 1 aliphatic heterocycles. The number of oxazole rings is 1. The van der Waals surface area contributed by atoms with Gasteiger partial charge in [0.1, 0.15) is 10.9 Å². The van der Waals surface area contributed by atoms with Crippen molar-refractivity contribution in [3.63, 3.8) is 0 Å². The van der Waals surface area contributed by atoms with E-state index in [1.165, 1.54) is 0 Å². The van der Waals surface area contributed by atoms with Crippen molar-refractivity contribution in [2.24, 2.45) is 5.41 Å². The van der Waals surface area contributed by atoms with Crippen LogP contribution in [0, 0.1) is 23.7 Å². The number of aromatic nitrogens is 1. The average Bonchev–Trinajstić information content (AvgIpc) is 2.72. The lowest BCUT2D eigenvalue weighted by atomic mass is 9.76. The lowest BCUT2D eigenvalue weighted by molar-refractivity contribution is -0.0963. The number of hydrogen-bond acceptors (Lipinski definition) is 5. The Labute approximate surface area is 111 Å². The van der Waals surface area contributed by atoms with Crippen LogP contribution in [0.25, 0.3) is 11.1 Å². The van der Waals surface area contributed by atoms with Crippen LogP contribution in [0.3, 0.4) is 0 Å². The van der Waals surface area contributed by atoms with Crippen molar-refractivity contribution in [2.75, 3.05) is 20.3 Å². The third-order valence-corrected chi connectivity index (χ3v) is 3.64. The summed E-state index contributed by atoms with van der Waals surface area (Å²) >= 11 is 0. The number of ether oxygens (including phenoxy) is 1. The maximum Gasteiger partial charge on any atom is 0.192 e. The summed E-state index contributed by atoms with van der Waals surface area (Å²) in [4.78, 5) is 4.33. The van der Waals surface area contributed by atoms with Crippen molar-refractivity contribution in [1.82, 2.24) is 10.3 Å². The van der Waals surface area contributed by atoms with E-state index in [0.717, 1.165) is 16.7 Å². The van der Waals surface area contributed by atoms with Crippen molar-refractivity contribution in [3.8, 4) is 6.07 Å². The molecule has 1 aliphatic rings. The van der Waals surface area contributed by atoms with Crippen LogP contribution in [-0.4, -0.2) is 25.2 Å². The van der Waals surface area contributed by atoms with Gasteiger partial charge in [-0.15, -0.1) is 0 Å². The van der Waals surface area contributed by atoms with Crippen LogP contribution >= 0.6 is 0 Å². The summed E-state index contributed by atoms with van der Waals surface area (Å²) in [5, 5.41) is 12.6. The van der Waals surface area contributed by atoms with Gasteiger partial charge in [0.25, 0.3) is 0 Å². The molecule has 1 aromatic heterocycles. The van der Waals surface area contributed by atoms with Crippen LogP contribution in [0.1, 0.15) is 17.5 Å². The molecule has 5 nitrogen and oxygen atoms in total. The molecule has 1 atom stereocenters. The zero-order valence-electron chi connectivity index (χ0n) is 10.9. The van der Waals surface area contributed by atoms with E-state index < -0.39 is 5.41 Å². The SMILES string of the molecule is CNC(c1ccc2oc(C)nc2c1)C1(C#N)COC1. The summed E-state index contributed by atoms with van der Waals surface area (Å²) < 4.78 is 10.7. The molecule has 1 N–H and O–H groups in total. The van der Waals surface area contributed by atoms with E-state index in [4.69, 9.17) is 9.15 Å². The van der Waals surface area contributed by atoms with Gasteiger partial charge in [0, 0.05) is 6.92 Å². The standard InChI is InChI=1S/C14H15N3O2/c1-9-17-11-5-10(3-4-12(11)19-9)13(16-2)14(6-15)7-18-8-14/h3-5,13,16H,7-8H2,1-2H3. The molecule has 0 saturated carbocycles. The Morgan fingerprint density at radius 3 is 2.84 bits per heavy atom. The van der Waals surface area contributed by atoms with E-state index in [1.807, 2.05) is 32.2 Å². The first-order valence-electron chi connectivity index (χ1n) is 6.22. The maximum atomic E-state index is 9.41. The number of hydrogen-bond donors (Lipinski definition) is 1. The van der Waals surface area contributed by atoms with Crippen molar-refractivity contribution in [2.45, 2.75) is 13.0 Å². The van der Waals surface area contributed by atoms with Crippen LogP contribution in [0.4, 0.5) is 0 Å². The van der Waals surface area contributed by atoms with Gasteiger partial charge in [-0.3, -0.25) is 0 Å². The molecular formula is C14H15N3O2. The molecular weight excluding hydrogens is 242 g/mol. The molecule has 0 radical (unpaired) electrons. The molecule has 1 aromatic carbocycles. The summed E-state index contributed by atoms with van der Waals surface area (Å²) in [5.74, 6) is 0.648. The van der Waals surface area contributed by atoms with E-state index in [2.05, 4.69) is 16.4 Å². The second-order valence-electron chi connectivity index (χ2n) is 4.94. The molecule has 0 aliphatic carbocycles. The smallest absolute Gasteiger partial charge is 0.192 e. The summed E-state index contributed by atoms with van der Waals surface area (Å²) in [6, 6.07) is 8.18. The highest BCUT2D eigenvalue weighted by Crippen LogP contribution is 2.40. The van der Waals surface area contributed by atoms with E-state index in [9.17, 15) is 5.26 Å². The molecule has 3 rings (SSSR count). The molecule has 98 valence electrons. The van der Waals surface area contributed by atoms with Gasteiger partial charge in [0.15, 0.2) is 11.5 Å². The van der Waals surface area contributed by atoms with E-state index in [-0.39, 0.29) is 6.04 Å². The highest BCUT2D eigenvalue weighted by molar-refractivity contribution is 5.73. The molecule has 2 heterocycles. The van der Waals surface area contributed by atoms with Crippen molar-refractivity contribution >= 4 is 11.1 Å². The molecule has 5 heteroatoms. The van der Waals surface area contributed by atoms with Gasteiger partial charge in [-0.25, -0.2) is 4.98 Å². The minimum Gasteiger partial charge on any atom is -0.441 e. The van der Waals surface area contributed by atoms with Gasteiger partial charge >= 0.3 is 0 Å². The third-order valence-electron chi connectivity index (χ3n) is 3.64. The quantitative estimate of drug-likeness (QED) is 0.909. The topological polar surface area (TPSA) is 71.1 Å². The Morgan fingerprint density at radius 2 is 2.26 bits per heavy atom. The number of fused-ring (bicyclic) bond motifs is 1. The van der Waals surface area contributed by atoms with Crippen molar-refractivity contribution in [3.05, 3.63) is 29.7 Å². The molecule has 1 fully saturated rings. The monoisotopic (exact) mass is 257 g/mol. The molecule has 1 unspecified atom stereocenters. The van der Waals surface area contributed by atoms with Crippen molar-refractivity contribution < 1.29 is 9.15 Å². The fourth-order valence-corrected chi connectivity index (χ4v) is 2.62. The van der Waals surface area contributed by atoms with Crippen LogP contribution in [-0.2, 0) is 4.74 Å². The average molecular weight is 257 g/mol. The lowest BCUT2D eigenvalue weighted by Crippen LogP contribution is -2.50. The third kappa shape index (κ3) is 1.81. The van der Waals surface area contributed by atoms with E-state index in [0.29, 0.717) is 19.1 Å². The molecule has 0 spiro atoms. The van der Waals surface area contributed by atoms with E-state index in [1.54, 1.807) is 0 Å². The van der Waals surface area contributed by atoms with Crippen LogP contribution < -0.4 is 5.32 Å². The fraction of sp³-hybridized carbons (Fsp3) is 0.429. The minimum atomic E-state index is -0.485. The van der Waals surface area contributed by atoms with Gasteiger partial charge in [-0.05, 0) is 24.7 Å². The Balaban J connectivity index is 2.04. The number of nitrogens with one attached hydrogen (secondary N) is 1. The van der Waals surface area contributed by atoms with E-state index >= 15 is 0 Å². The van der Waals surface area contributed by atoms with Crippen molar-refractivity contribution in [1.29, 1.82) is 5.26 Å². The Bertz CT molecular complexity index is 652. The number of aryl methyl sites for hydroxylation is 1. The number of nitrogens with zero attached hydrogens (tertiary/aromatic N) is 2. The van der Waals surface area contributed by atoms with Gasteiger partial charge in [-0.2, -0.15) is 5.26 Å². The first kappa shape index (κ1) is 12.2. The number of nitriles is 1. The summed E-state index contributed by atoms with van der Waals surface area (Å²) in [7, 11) is 1.86. The molecule has 19 heavy (non-hydrogen) atoms. The number of benzene rings is 1. The molecule has 2 aromatic rings. The van der Waals surface area contributed by atoms with Gasteiger partial charge < -0.3 is 14.5 Å². The second-order valence-corrected chi connectivity index (χ2v) is 4.94. The predicted octanol–water partition coefficient (Wildman–Crippen LogP) is 1.94. The Hall–Kier alpha value is -1.90. The first-order chi connectivity index (χ1) is 9.18. The zero-order chi connectivity index (χ0) is 13.5. The van der Waals surface area contributed by atoms with Gasteiger partial charge in [0.05, 0.1) is 25.3 Å². The maximum absolute atomic E-state index is 9.41. The molecule has 1 saturated heterocycles. The Kier molecular flexibility index (Phi) is 2.77. The molecule has 0 amide bonds. The van der Waals surface area contributed by atoms with Crippen LogP contribution in [0.5, 0.6) is 0 Å². The number of rotatable bonds is 3. The van der Waals surface area contributed by atoms with Gasteiger partial charge in [-0.1, -0.05) is 6.07 Å². The second kappa shape index (κ2) is 4.34. The lowest BCUT2D eigenvalue weighted by Gasteiger charge is -2.41. The minimum absolute atomic E-state index is 0.0624. The van der Waals surface area contributed by atoms with Gasteiger partial charge in [0.2, 0.25) is 0 Å². The normalized spacial score (nSPS) is 18.8. The summed E-state index contributed by atoms with van der Waals surface area (Å²) in [6.45, 7) is 2.75. The summed E-state index contributed by atoms with van der Waals surface area (Å²) in [5.41, 5.74) is 2.14. The highest BCUT2D eigenvalue weighted by Gasteiger charge is 2.46. The van der Waals surface area contributed by atoms with Crippen LogP contribution in [0.15, 0.2) is 22.6 Å². The zero-order valence-corrected chi connectivity index (χ0v) is 10.9. The Morgan fingerprint density at radius 1 is 1.47 bits per heavy atom. The highest BCUT2D eigenvalue weighted by atomic mass is 16.5. The molecule has 0 bridgehead atoms.